The SMILES string of the molecule is O=C(COc1ccc2c(=O)c(-c3ccc4c(c3)OCCO4)coc2c1)N[C@H](Cc1ccccc1)C(=O)[O-]. The smallest absolute Gasteiger partial charge is 0.258 e. The number of carbonyl (C=O) groups is 2. The Morgan fingerprint density at radius 3 is 2.54 bits per heavy atom. The summed E-state index contributed by atoms with van der Waals surface area (Å²) in [6.07, 6.45) is 1.45. The number of fused-ring (bicyclic) bond motifs is 2. The van der Waals surface area contributed by atoms with Gasteiger partial charge in [0.2, 0.25) is 0 Å². The predicted molar refractivity (Wildman–Crippen MR) is 131 cm³/mol. The van der Waals surface area contributed by atoms with Crippen LogP contribution in [0.25, 0.3) is 22.1 Å². The Hall–Kier alpha value is -4.79. The molecule has 5 rings (SSSR count). The minimum absolute atomic E-state index is 0.0851. The van der Waals surface area contributed by atoms with Gasteiger partial charge in [-0.3, -0.25) is 9.59 Å². The second-order valence-electron chi connectivity index (χ2n) is 8.41. The highest BCUT2D eigenvalue weighted by molar-refractivity contribution is 5.85. The first kappa shape index (κ1) is 23.9. The summed E-state index contributed by atoms with van der Waals surface area (Å²) in [6.45, 7) is 0.482. The monoisotopic (exact) mass is 500 g/mol. The molecule has 0 saturated carbocycles. The molecule has 1 atom stereocenters. The van der Waals surface area contributed by atoms with E-state index in [9.17, 15) is 19.5 Å². The Bertz CT molecular complexity index is 1510. The number of amides is 1. The number of carboxylic acids is 1. The van der Waals surface area contributed by atoms with Gasteiger partial charge in [0.25, 0.3) is 5.91 Å². The van der Waals surface area contributed by atoms with E-state index >= 15 is 0 Å². The van der Waals surface area contributed by atoms with Crippen molar-refractivity contribution in [3.8, 4) is 28.4 Å². The normalized spacial score (nSPS) is 13.1. The van der Waals surface area contributed by atoms with E-state index in [4.69, 9.17) is 18.6 Å². The molecule has 9 nitrogen and oxygen atoms in total. The molecule has 0 aliphatic carbocycles. The van der Waals surface area contributed by atoms with Crippen molar-refractivity contribution in [2.75, 3.05) is 19.8 Å². The van der Waals surface area contributed by atoms with Crippen molar-refractivity contribution < 1.29 is 33.3 Å². The first-order valence-electron chi connectivity index (χ1n) is 11.6. The van der Waals surface area contributed by atoms with E-state index in [0.717, 1.165) is 5.56 Å². The molecule has 9 heteroatoms. The third-order valence-electron chi connectivity index (χ3n) is 5.87. The van der Waals surface area contributed by atoms with Crippen molar-refractivity contribution in [1.82, 2.24) is 5.32 Å². The van der Waals surface area contributed by atoms with Crippen LogP contribution in [0, 0.1) is 0 Å². The molecule has 37 heavy (non-hydrogen) atoms. The maximum atomic E-state index is 13.1. The van der Waals surface area contributed by atoms with Crippen LogP contribution in [0.3, 0.4) is 0 Å². The van der Waals surface area contributed by atoms with Crippen LogP contribution in [0.5, 0.6) is 17.2 Å². The highest BCUT2D eigenvalue weighted by Crippen LogP contribution is 2.34. The summed E-state index contributed by atoms with van der Waals surface area (Å²) in [5, 5.41) is 14.2. The lowest BCUT2D eigenvalue weighted by molar-refractivity contribution is -0.308. The maximum Gasteiger partial charge on any atom is 0.258 e. The van der Waals surface area contributed by atoms with E-state index in [1.165, 1.54) is 12.3 Å². The fraction of sp³-hybridized carbons (Fsp3) is 0.179. The molecule has 0 bridgehead atoms. The second-order valence-corrected chi connectivity index (χ2v) is 8.41. The molecule has 188 valence electrons. The van der Waals surface area contributed by atoms with E-state index in [0.29, 0.717) is 41.2 Å². The van der Waals surface area contributed by atoms with Gasteiger partial charge < -0.3 is 33.8 Å². The number of rotatable bonds is 8. The molecule has 0 fully saturated rings. The summed E-state index contributed by atoms with van der Waals surface area (Å²) in [5.74, 6) is -0.544. The molecule has 1 aromatic heterocycles. The van der Waals surface area contributed by atoms with Crippen LogP contribution in [0.2, 0.25) is 0 Å². The van der Waals surface area contributed by atoms with Crippen LogP contribution >= 0.6 is 0 Å². The Labute approximate surface area is 211 Å². The number of hydrogen-bond donors (Lipinski definition) is 1. The zero-order valence-corrected chi connectivity index (χ0v) is 19.6. The van der Waals surface area contributed by atoms with Crippen LogP contribution in [-0.4, -0.2) is 37.7 Å². The third kappa shape index (κ3) is 5.40. The Balaban J connectivity index is 1.27. The second kappa shape index (κ2) is 10.4. The Morgan fingerprint density at radius 2 is 1.76 bits per heavy atom. The molecule has 1 aliphatic rings. The highest BCUT2D eigenvalue weighted by atomic mass is 16.6. The first-order chi connectivity index (χ1) is 18.0. The van der Waals surface area contributed by atoms with E-state index < -0.39 is 24.5 Å². The van der Waals surface area contributed by atoms with E-state index in [1.54, 1.807) is 54.6 Å². The topological polar surface area (TPSA) is 127 Å². The van der Waals surface area contributed by atoms with Crippen molar-refractivity contribution in [3.63, 3.8) is 0 Å². The standard InChI is InChI=1S/C28H23NO8/c30-26(29-22(28(32)33)12-17-4-2-1-3-5-17)16-36-19-7-8-20-24(14-19)37-15-21(27(20)31)18-6-9-23-25(13-18)35-11-10-34-23/h1-9,13-15,22H,10-12,16H2,(H,29,30)(H,32,33)/p-1/t22-/m1/s1. The Kier molecular flexibility index (Phi) is 6.76. The fourth-order valence-electron chi connectivity index (χ4n) is 4.04. The predicted octanol–water partition coefficient (Wildman–Crippen LogP) is 2.09. The lowest BCUT2D eigenvalue weighted by Crippen LogP contribution is -2.50. The molecule has 0 radical (unpaired) electrons. The van der Waals surface area contributed by atoms with E-state index in [2.05, 4.69) is 5.32 Å². The third-order valence-corrected chi connectivity index (χ3v) is 5.87. The lowest BCUT2D eigenvalue weighted by atomic mass is 10.0. The summed E-state index contributed by atoms with van der Waals surface area (Å²) in [7, 11) is 0. The van der Waals surface area contributed by atoms with Crippen LogP contribution in [0.4, 0.5) is 0 Å². The van der Waals surface area contributed by atoms with Crippen LogP contribution < -0.4 is 30.1 Å². The number of aliphatic carboxylic acids is 1. The summed E-state index contributed by atoms with van der Waals surface area (Å²) in [5.41, 5.74) is 1.79. The van der Waals surface area contributed by atoms with Crippen molar-refractivity contribution in [2.24, 2.45) is 0 Å². The van der Waals surface area contributed by atoms with Gasteiger partial charge in [-0.2, -0.15) is 0 Å². The molecule has 1 aliphatic heterocycles. The average Bonchev–Trinajstić information content (AvgIpc) is 2.92. The molecule has 0 unspecified atom stereocenters. The van der Waals surface area contributed by atoms with Gasteiger partial charge >= 0.3 is 0 Å². The zero-order valence-electron chi connectivity index (χ0n) is 19.6. The molecular formula is C28H22NO8-. The summed E-state index contributed by atoms with van der Waals surface area (Å²) < 4.78 is 22.3. The van der Waals surface area contributed by atoms with Gasteiger partial charge in [0.15, 0.2) is 23.5 Å². The molecule has 3 aromatic carbocycles. The first-order valence-corrected chi connectivity index (χ1v) is 11.6. The average molecular weight is 500 g/mol. The van der Waals surface area contributed by atoms with Gasteiger partial charge in [0.1, 0.15) is 30.8 Å². The largest absolute Gasteiger partial charge is 0.548 e. The van der Waals surface area contributed by atoms with Crippen LogP contribution in [-0.2, 0) is 16.0 Å². The summed E-state index contributed by atoms with van der Waals surface area (Å²) in [4.78, 5) is 36.9. The van der Waals surface area contributed by atoms with E-state index in [-0.39, 0.29) is 23.2 Å². The molecule has 0 spiro atoms. The zero-order chi connectivity index (χ0) is 25.8. The molecule has 0 saturated heterocycles. The fourth-order valence-corrected chi connectivity index (χ4v) is 4.04. The quantitative estimate of drug-likeness (QED) is 0.390. The number of benzene rings is 3. The number of ether oxygens (including phenoxy) is 3. The molecule has 2 heterocycles. The van der Waals surface area contributed by atoms with Gasteiger partial charge in [0, 0.05) is 6.07 Å². The van der Waals surface area contributed by atoms with Gasteiger partial charge in [-0.15, -0.1) is 0 Å². The van der Waals surface area contributed by atoms with Crippen LogP contribution in [0.15, 0.2) is 82.2 Å². The van der Waals surface area contributed by atoms with Gasteiger partial charge in [-0.1, -0.05) is 36.4 Å². The van der Waals surface area contributed by atoms with Crippen molar-refractivity contribution in [3.05, 3.63) is 88.8 Å². The van der Waals surface area contributed by atoms with Crippen molar-refractivity contribution in [1.29, 1.82) is 0 Å². The van der Waals surface area contributed by atoms with Crippen molar-refractivity contribution in [2.45, 2.75) is 12.5 Å². The van der Waals surface area contributed by atoms with Gasteiger partial charge in [-0.25, -0.2) is 0 Å². The lowest BCUT2D eigenvalue weighted by Gasteiger charge is -2.20. The summed E-state index contributed by atoms with van der Waals surface area (Å²) in [6, 6.07) is 17.5. The molecule has 4 aromatic rings. The van der Waals surface area contributed by atoms with Crippen LogP contribution in [0.1, 0.15) is 5.56 Å². The molecular weight excluding hydrogens is 478 g/mol. The number of nitrogens with one attached hydrogen (secondary N) is 1. The minimum atomic E-state index is -1.39. The van der Waals surface area contributed by atoms with Gasteiger partial charge in [0.05, 0.1) is 23.0 Å². The van der Waals surface area contributed by atoms with Crippen molar-refractivity contribution >= 4 is 22.8 Å². The number of carbonyl (C=O) groups excluding carboxylic acids is 2. The summed E-state index contributed by atoms with van der Waals surface area (Å²) >= 11 is 0. The number of hydrogen-bond acceptors (Lipinski definition) is 8. The number of carboxylic acid groups (broad SMARTS) is 1. The minimum Gasteiger partial charge on any atom is -0.548 e. The maximum absolute atomic E-state index is 13.1. The highest BCUT2D eigenvalue weighted by Gasteiger charge is 2.17. The Morgan fingerprint density at radius 1 is 0.973 bits per heavy atom. The van der Waals surface area contributed by atoms with E-state index in [1.807, 2.05) is 6.07 Å². The molecule has 1 N–H and O–H groups in total. The van der Waals surface area contributed by atoms with Gasteiger partial charge in [-0.05, 0) is 41.8 Å². The molecule has 1 amide bonds.